The van der Waals surface area contributed by atoms with Crippen LogP contribution in [-0.4, -0.2) is 29.4 Å². The summed E-state index contributed by atoms with van der Waals surface area (Å²) >= 11 is 3.45. The lowest BCUT2D eigenvalue weighted by atomic mass is 10.0. The van der Waals surface area contributed by atoms with Crippen molar-refractivity contribution in [3.05, 3.63) is 75.8 Å². The Kier molecular flexibility index (Phi) is 4.72. The van der Waals surface area contributed by atoms with Crippen molar-refractivity contribution in [2.45, 2.75) is 13.0 Å². The van der Waals surface area contributed by atoms with Crippen LogP contribution in [0.25, 0.3) is 5.70 Å². The molecule has 1 aliphatic rings. The van der Waals surface area contributed by atoms with Gasteiger partial charge in [-0.2, -0.15) is 4.98 Å². The van der Waals surface area contributed by atoms with Crippen LogP contribution in [0.1, 0.15) is 22.7 Å². The van der Waals surface area contributed by atoms with Crippen molar-refractivity contribution in [2.24, 2.45) is 0 Å². The van der Waals surface area contributed by atoms with E-state index in [0.29, 0.717) is 5.95 Å². The van der Waals surface area contributed by atoms with Crippen molar-refractivity contribution in [1.29, 1.82) is 0 Å². The Morgan fingerprint density at radius 2 is 1.79 bits per heavy atom. The van der Waals surface area contributed by atoms with Crippen molar-refractivity contribution >= 4 is 43.5 Å². The van der Waals surface area contributed by atoms with Crippen LogP contribution in [0, 0.1) is 6.92 Å². The summed E-state index contributed by atoms with van der Waals surface area (Å²) in [5, 5.41) is 7.61. The Bertz CT molecular complexity index is 1150. The maximum atomic E-state index is 11.6. The smallest absolute Gasteiger partial charge is 0.257 e. The van der Waals surface area contributed by atoms with Gasteiger partial charge in [-0.25, -0.2) is 13.1 Å². The number of aromatic nitrogens is 3. The number of benzene rings is 2. The molecule has 2 heterocycles. The molecule has 9 heteroatoms. The van der Waals surface area contributed by atoms with Gasteiger partial charge in [-0.3, -0.25) is 4.72 Å². The van der Waals surface area contributed by atoms with E-state index in [-0.39, 0.29) is 12.0 Å². The quantitative estimate of drug-likeness (QED) is 0.619. The van der Waals surface area contributed by atoms with E-state index in [2.05, 4.69) is 42.1 Å². The molecule has 0 aliphatic carbocycles. The molecule has 0 bridgehead atoms. The van der Waals surface area contributed by atoms with E-state index >= 15 is 0 Å². The number of allylic oxidation sites excluding steroid dienone is 1. The highest BCUT2D eigenvalue weighted by molar-refractivity contribution is 9.10. The number of sulfonamides is 1. The zero-order chi connectivity index (χ0) is 19.9. The fraction of sp³-hybridized carbons (Fsp3) is 0.158. The Labute approximate surface area is 171 Å². The zero-order valence-electron chi connectivity index (χ0n) is 15.2. The Hall–Kier alpha value is -2.65. The van der Waals surface area contributed by atoms with Crippen molar-refractivity contribution in [3.63, 3.8) is 0 Å². The number of fused-ring (bicyclic) bond motifs is 1. The van der Waals surface area contributed by atoms with Crippen molar-refractivity contribution in [1.82, 2.24) is 14.8 Å². The SMILES string of the molecule is Cc1ccc([C@H]2C=C(c3ccc(Br)cc3)Nc3nc(NS(C)(=O)=O)nn32)cc1. The van der Waals surface area contributed by atoms with E-state index in [0.717, 1.165) is 33.1 Å². The number of halogens is 1. The molecule has 144 valence electrons. The summed E-state index contributed by atoms with van der Waals surface area (Å²) in [6.45, 7) is 2.03. The van der Waals surface area contributed by atoms with E-state index < -0.39 is 10.0 Å². The molecule has 2 N–H and O–H groups in total. The highest BCUT2D eigenvalue weighted by Crippen LogP contribution is 2.33. The summed E-state index contributed by atoms with van der Waals surface area (Å²) in [6.07, 6.45) is 3.13. The topological polar surface area (TPSA) is 88.9 Å². The van der Waals surface area contributed by atoms with Crippen LogP contribution in [0.5, 0.6) is 0 Å². The van der Waals surface area contributed by atoms with Crippen LogP contribution in [0.2, 0.25) is 0 Å². The first-order valence-electron chi connectivity index (χ1n) is 8.54. The summed E-state index contributed by atoms with van der Waals surface area (Å²) in [4.78, 5) is 4.32. The molecule has 28 heavy (non-hydrogen) atoms. The molecule has 0 spiro atoms. The average Bonchev–Trinajstić information content (AvgIpc) is 3.02. The maximum absolute atomic E-state index is 11.6. The molecular formula is C19H18BrN5O2S. The van der Waals surface area contributed by atoms with E-state index in [1.54, 1.807) is 4.68 Å². The minimum Gasteiger partial charge on any atom is -0.324 e. The number of anilines is 2. The zero-order valence-corrected chi connectivity index (χ0v) is 17.6. The number of aryl methyl sites for hydroxylation is 1. The minimum atomic E-state index is -3.47. The van der Waals surface area contributed by atoms with Crippen LogP contribution in [0.3, 0.4) is 0 Å². The molecule has 0 radical (unpaired) electrons. The van der Waals surface area contributed by atoms with Gasteiger partial charge in [-0.05, 0) is 36.3 Å². The van der Waals surface area contributed by atoms with E-state index in [9.17, 15) is 8.42 Å². The monoisotopic (exact) mass is 459 g/mol. The Balaban J connectivity index is 1.80. The van der Waals surface area contributed by atoms with Crippen LogP contribution >= 0.6 is 15.9 Å². The molecule has 0 saturated carbocycles. The molecule has 0 unspecified atom stereocenters. The highest BCUT2D eigenvalue weighted by Gasteiger charge is 2.26. The molecule has 0 amide bonds. The van der Waals surface area contributed by atoms with Gasteiger partial charge in [0.15, 0.2) is 0 Å². The average molecular weight is 460 g/mol. The minimum absolute atomic E-state index is 0.0348. The molecule has 2 aromatic carbocycles. The predicted octanol–water partition coefficient (Wildman–Crippen LogP) is 3.78. The number of nitrogens with zero attached hydrogens (tertiary/aromatic N) is 3. The molecule has 1 atom stereocenters. The molecular weight excluding hydrogens is 442 g/mol. The fourth-order valence-corrected chi connectivity index (χ4v) is 3.68. The normalized spacial score (nSPS) is 16.1. The number of nitrogens with one attached hydrogen (secondary N) is 2. The summed E-state index contributed by atoms with van der Waals surface area (Å²) in [7, 11) is -3.47. The predicted molar refractivity (Wildman–Crippen MR) is 114 cm³/mol. The van der Waals surface area contributed by atoms with Gasteiger partial charge < -0.3 is 5.32 Å². The van der Waals surface area contributed by atoms with Crippen LogP contribution in [0.4, 0.5) is 11.9 Å². The Morgan fingerprint density at radius 3 is 2.43 bits per heavy atom. The fourth-order valence-electron chi connectivity index (χ4n) is 3.00. The molecule has 1 aliphatic heterocycles. The van der Waals surface area contributed by atoms with Gasteiger partial charge in [0.25, 0.3) is 5.95 Å². The molecule has 3 aromatic rings. The highest BCUT2D eigenvalue weighted by atomic mass is 79.9. The van der Waals surface area contributed by atoms with Gasteiger partial charge in [-0.1, -0.05) is 57.9 Å². The van der Waals surface area contributed by atoms with Crippen molar-refractivity contribution < 1.29 is 8.42 Å². The summed E-state index contributed by atoms with van der Waals surface area (Å²) < 4.78 is 28.2. The molecule has 1 aromatic heterocycles. The van der Waals surface area contributed by atoms with E-state index in [1.807, 2.05) is 55.5 Å². The van der Waals surface area contributed by atoms with Crippen molar-refractivity contribution in [3.8, 4) is 0 Å². The van der Waals surface area contributed by atoms with Crippen LogP contribution in [-0.2, 0) is 10.0 Å². The third-order valence-corrected chi connectivity index (χ3v) is 5.40. The van der Waals surface area contributed by atoms with Gasteiger partial charge in [0.2, 0.25) is 16.0 Å². The van der Waals surface area contributed by atoms with Crippen LogP contribution in [0.15, 0.2) is 59.1 Å². The Morgan fingerprint density at radius 1 is 1.11 bits per heavy atom. The number of hydrogen-bond donors (Lipinski definition) is 2. The largest absolute Gasteiger partial charge is 0.324 e. The third kappa shape index (κ3) is 3.95. The third-order valence-electron chi connectivity index (χ3n) is 4.32. The molecule has 0 saturated heterocycles. The van der Waals surface area contributed by atoms with Gasteiger partial charge in [0.05, 0.1) is 6.26 Å². The second-order valence-electron chi connectivity index (χ2n) is 6.65. The van der Waals surface area contributed by atoms with Crippen LogP contribution < -0.4 is 10.0 Å². The molecule has 7 nitrogen and oxygen atoms in total. The number of rotatable bonds is 4. The lowest BCUT2D eigenvalue weighted by Gasteiger charge is -2.24. The van der Waals surface area contributed by atoms with Gasteiger partial charge in [-0.15, -0.1) is 5.10 Å². The van der Waals surface area contributed by atoms with Gasteiger partial charge in [0.1, 0.15) is 6.04 Å². The standard InChI is InChI=1S/C19H18BrN5O2S/c1-12-3-5-14(6-4-12)17-11-16(13-7-9-15(20)10-8-13)21-19-22-18(23-25(17)19)24-28(2,26)27/h3-11,17H,1-2H3,(H2,21,22,23,24)/t17-/m1/s1. The van der Waals surface area contributed by atoms with Gasteiger partial charge >= 0.3 is 0 Å². The lowest BCUT2D eigenvalue weighted by Crippen LogP contribution is -2.20. The second-order valence-corrected chi connectivity index (χ2v) is 9.31. The number of hydrogen-bond acceptors (Lipinski definition) is 5. The summed E-state index contributed by atoms with van der Waals surface area (Å²) in [6, 6.07) is 15.9. The van der Waals surface area contributed by atoms with Crippen molar-refractivity contribution in [2.75, 3.05) is 16.3 Å². The maximum Gasteiger partial charge on any atom is 0.257 e. The lowest BCUT2D eigenvalue weighted by molar-refractivity contribution is 0.603. The molecule has 4 rings (SSSR count). The second kappa shape index (κ2) is 7.06. The summed E-state index contributed by atoms with van der Waals surface area (Å²) in [5.74, 6) is 0.504. The first-order valence-corrected chi connectivity index (χ1v) is 11.2. The first kappa shape index (κ1) is 18.7. The van der Waals surface area contributed by atoms with Gasteiger partial charge in [0, 0.05) is 10.2 Å². The summed E-state index contributed by atoms with van der Waals surface area (Å²) in [5.41, 5.74) is 4.06. The molecule has 0 fully saturated rings. The van der Waals surface area contributed by atoms with E-state index in [1.165, 1.54) is 0 Å². The van der Waals surface area contributed by atoms with E-state index in [4.69, 9.17) is 0 Å². The first-order chi connectivity index (χ1) is 13.3.